The van der Waals surface area contributed by atoms with Gasteiger partial charge in [0.2, 0.25) is 0 Å². The molecule has 3 aromatic heterocycles. The number of pyridine rings is 1. The fourth-order valence-electron chi connectivity index (χ4n) is 5.93. The maximum atomic E-state index is 4.92. The van der Waals surface area contributed by atoms with Gasteiger partial charge in [-0.1, -0.05) is 74.9 Å². The van der Waals surface area contributed by atoms with Crippen LogP contribution in [0.15, 0.2) is 91.3 Å². The summed E-state index contributed by atoms with van der Waals surface area (Å²) in [4.78, 5) is 4.92. The molecule has 5 heteroatoms. The number of unbranched alkanes of at least 4 members (excludes halogenated alkanes) is 2. The average molecular weight is 707 g/mol. The maximum absolute atomic E-state index is 4.92. The molecule has 0 saturated heterocycles. The van der Waals surface area contributed by atoms with Gasteiger partial charge in [-0.25, -0.2) is 5.69 Å². The normalized spacial score (nSPS) is 11.7. The fourth-order valence-corrected chi connectivity index (χ4v) is 5.93. The van der Waals surface area contributed by atoms with E-state index in [9.17, 15) is 0 Å². The third kappa shape index (κ3) is 5.08. The zero-order valence-corrected chi connectivity index (χ0v) is 25.2. The molecule has 0 spiro atoms. The predicted molar refractivity (Wildman–Crippen MR) is 159 cm³/mol. The van der Waals surface area contributed by atoms with E-state index in [2.05, 4.69) is 107 Å². The molecule has 0 aliphatic carbocycles. The Bertz CT molecular complexity index is 1680. The van der Waals surface area contributed by atoms with Crippen molar-refractivity contribution in [1.82, 2.24) is 19.7 Å². The molecule has 204 valence electrons. The van der Waals surface area contributed by atoms with Gasteiger partial charge in [-0.05, 0) is 48.1 Å². The van der Waals surface area contributed by atoms with Crippen molar-refractivity contribution in [1.29, 1.82) is 0 Å². The Morgan fingerprint density at radius 1 is 0.775 bits per heavy atom. The summed E-state index contributed by atoms with van der Waals surface area (Å²) in [6, 6.07) is 35.3. The minimum absolute atomic E-state index is 0. The Hall–Kier alpha value is -3.44. The van der Waals surface area contributed by atoms with Crippen LogP contribution in [0.3, 0.4) is 0 Å². The van der Waals surface area contributed by atoms with Crippen molar-refractivity contribution in [3.63, 3.8) is 0 Å². The average Bonchev–Trinajstić information content (AvgIpc) is 3.65. The second kappa shape index (κ2) is 12.4. The second-order valence-electron chi connectivity index (χ2n) is 10.4. The molecule has 0 atom stereocenters. The number of hydrogen-bond acceptors (Lipinski definition) is 2. The molecule has 4 nitrogen and oxygen atoms in total. The third-order valence-electron chi connectivity index (χ3n) is 7.93. The zero-order chi connectivity index (χ0) is 26.7. The first-order valence-corrected chi connectivity index (χ1v) is 14.1. The van der Waals surface area contributed by atoms with E-state index in [0.717, 1.165) is 72.2 Å². The third-order valence-corrected chi connectivity index (χ3v) is 7.93. The van der Waals surface area contributed by atoms with Gasteiger partial charge in [0.15, 0.2) is 0 Å². The van der Waals surface area contributed by atoms with Crippen LogP contribution in [0.4, 0.5) is 0 Å². The van der Waals surface area contributed by atoms with Gasteiger partial charge in [0.1, 0.15) is 0 Å². The van der Waals surface area contributed by atoms with Gasteiger partial charge in [-0.15, -0.1) is 35.9 Å². The van der Waals surface area contributed by atoms with Crippen molar-refractivity contribution in [3.8, 4) is 16.9 Å². The van der Waals surface area contributed by atoms with Crippen molar-refractivity contribution in [2.24, 2.45) is 0 Å². The monoisotopic (exact) mass is 706 g/mol. The van der Waals surface area contributed by atoms with Crippen LogP contribution < -0.4 is 5.10 Å². The number of fused-ring (bicyclic) bond motifs is 3. The Morgan fingerprint density at radius 2 is 1.57 bits per heavy atom. The summed E-state index contributed by atoms with van der Waals surface area (Å²) in [5.41, 5.74) is 7.14. The van der Waals surface area contributed by atoms with E-state index < -0.39 is 0 Å². The first kappa shape index (κ1) is 28.1. The van der Waals surface area contributed by atoms with E-state index in [1.54, 1.807) is 6.20 Å². The van der Waals surface area contributed by atoms with Crippen molar-refractivity contribution in [3.05, 3.63) is 115 Å². The van der Waals surface area contributed by atoms with Crippen LogP contribution in [0, 0.1) is 12.1 Å². The molecule has 3 heterocycles. The number of hydrogen-bond donors (Lipinski definition) is 0. The molecule has 3 aromatic carbocycles. The number of rotatable bonds is 10. The smallest absolute Gasteiger partial charge is 0.619 e. The summed E-state index contributed by atoms with van der Waals surface area (Å²) in [6.07, 6.45) is 10.4. The number of aromatic nitrogens is 4. The van der Waals surface area contributed by atoms with E-state index in [4.69, 9.17) is 4.98 Å². The van der Waals surface area contributed by atoms with Crippen LogP contribution in [-0.2, 0) is 27.8 Å². The van der Waals surface area contributed by atoms with E-state index in [1.807, 2.05) is 18.3 Å². The van der Waals surface area contributed by atoms with Gasteiger partial charge in [-0.3, -0.25) is 4.98 Å². The molecule has 40 heavy (non-hydrogen) atoms. The van der Waals surface area contributed by atoms with E-state index in [1.165, 1.54) is 16.3 Å². The first-order valence-electron chi connectivity index (χ1n) is 14.1. The van der Waals surface area contributed by atoms with E-state index >= 15 is 0 Å². The molecule has 0 aliphatic rings. The fraction of sp³-hybridized carbons (Fsp3) is 0.257. The standard InChI is InChI=1S/C35H33N4.Au/c1-3-5-20-35(21-6-4-2,34-16-9-10-22-36-34)27-12-11-13-28(25-27)39-32-15-8-7-14-29(32)30-18-17-26(24-33(30)39)31-19-23-37-38-31;/h7-19,22-23H,3-6,20-21H2,1-2H3;/q-3;+3. The summed E-state index contributed by atoms with van der Waals surface area (Å²) in [6.45, 7) is 4.54. The Kier molecular flexibility index (Phi) is 8.70. The molecule has 0 saturated carbocycles. The van der Waals surface area contributed by atoms with Crippen molar-refractivity contribution < 1.29 is 22.4 Å². The number of nitrogens with zero attached hydrogens (tertiary/aromatic N) is 4. The van der Waals surface area contributed by atoms with Crippen molar-refractivity contribution in [2.45, 2.75) is 57.8 Å². The Balaban J connectivity index is 0.00000323. The molecule has 0 radical (unpaired) electrons. The van der Waals surface area contributed by atoms with E-state index in [-0.39, 0.29) is 27.8 Å². The largest absolute Gasteiger partial charge is 3.00 e. The molecular weight excluding hydrogens is 673 g/mol. The molecular formula is C35H33AuN4. The topological polar surface area (TPSA) is 44.8 Å². The van der Waals surface area contributed by atoms with Gasteiger partial charge in [0.05, 0.1) is 0 Å². The SMILES string of the molecule is CCCCC(CCCC)(c1[c-]c(-n2c3[c-]c(-c4ccn[n-]4)ccc3c3ccccc32)ccc1)c1ccccn1.[Au+3]. The van der Waals surface area contributed by atoms with Crippen LogP contribution in [-0.4, -0.2) is 14.6 Å². The van der Waals surface area contributed by atoms with Crippen LogP contribution in [0.5, 0.6) is 0 Å². The van der Waals surface area contributed by atoms with Gasteiger partial charge in [-0.2, -0.15) is 23.8 Å². The molecule has 6 aromatic rings. The Labute approximate surface area is 252 Å². The zero-order valence-electron chi connectivity index (χ0n) is 23.0. The first-order chi connectivity index (χ1) is 19.2. The predicted octanol–water partition coefficient (Wildman–Crippen LogP) is 8.46. The summed E-state index contributed by atoms with van der Waals surface area (Å²) >= 11 is 0. The van der Waals surface area contributed by atoms with E-state index in [0.29, 0.717) is 0 Å². The minimum atomic E-state index is -0.179. The van der Waals surface area contributed by atoms with Gasteiger partial charge in [0, 0.05) is 22.8 Å². The Morgan fingerprint density at radius 3 is 2.30 bits per heavy atom. The molecule has 0 amide bonds. The summed E-state index contributed by atoms with van der Waals surface area (Å²) in [5.74, 6) is 0. The maximum Gasteiger partial charge on any atom is 3.00 e. The van der Waals surface area contributed by atoms with Gasteiger partial charge < -0.3 is 14.8 Å². The molecule has 0 aliphatic heterocycles. The summed E-state index contributed by atoms with van der Waals surface area (Å²) in [7, 11) is 0. The number of benzene rings is 3. The van der Waals surface area contributed by atoms with Gasteiger partial charge >= 0.3 is 22.4 Å². The summed E-state index contributed by atoms with van der Waals surface area (Å²) < 4.78 is 2.30. The van der Waals surface area contributed by atoms with Crippen LogP contribution in [0.1, 0.15) is 63.6 Å². The quantitative estimate of drug-likeness (QED) is 0.106. The molecule has 0 unspecified atom stereocenters. The van der Waals surface area contributed by atoms with Crippen LogP contribution >= 0.6 is 0 Å². The number of para-hydroxylation sites is 1. The van der Waals surface area contributed by atoms with Crippen molar-refractivity contribution >= 4 is 21.8 Å². The van der Waals surface area contributed by atoms with Crippen LogP contribution in [0.2, 0.25) is 0 Å². The summed E-state index contributed by atoms with van der Waals surface area (Å²) in [5, 5.41) is 10.7. The molecule has 0 fully saturated rings. The van der Waals surface area contributed by atoms with Crippen LogP contribution in [0.25, 0.3) is 38.8 Å². The molecule has 0 N–H and O–H groups in total. The molecule has 6 rings (SSSR count). The molecule has 0 bridgehead atoms. The van der Waals surface area contributed by atoms with Gasteiger partial charge in [0.25, 0.3) is 0 Å². The van der Waals surface area contributed by atoms with Crippen molar-refractivity contribution in [2.75, 3.05) is 0 Å². The minimum Gasteiger partial charge on any atom is -0.619 e. The second-order valence-corrected chi connectivity index (χ2v) is 10.4.